The van der Waals surface area contributed by atoms with Crippen LogP contribution in [-0.4, -0.2) is 56.0 Å². The number of phenols is 3. The third-order valence-electron chi connectivity index (χ3n) is 2.02. The van der Waals surface area contributed by atoms with Crippen LogP contribution in [0.5, 0.6) is 17.2 Å². The Balaban J connectivity index is 2.74. The molecule has 1 atom stereocenters. The van der Waals surface area contributed by atoms with E-state index >= 15 is 0 Å². The van der Waals surface area contributed by atoms with E-state index in [2.05, 4.69) is 10.5 Å². The minimum absolute atomic E-state index is 0.122. The van der Waals surface area contributed by atoms with Crippen LogP contribution < -0.4 is 5.43 Å². The van der Waals surface area contributed by atoms with Gasteiger partial charge in [0.05, 0.1) is 0 Å². The van der Waals surface area contributed by atoms with E-state index in [1.54, 1.807) is 0 Å². The molecule has 1 unspecified atom stereocenters. The number of carbonyl (C=O) groups is 1. The summed E-state index contributed by atoms with van der Waals surface area (Å²) in [6.45, 7) is -0.327. The summed E-state index contributed by atoms with van der Waals surface area (Å²) in [5.74, 6) is -2.17. The van der Waals surface area contributed by atoms with E-state index in [-0.39, 0.29) is 12.2 Å². The molecule has 0 saturated carbocycles. The molecule has 18 heavy (non-hydrogen) atoms. The van der Waals surface area contributed by atoms with Crippen molar-refractivity contribution in [1.29, 1.82) is 0 Å². The fourth-order valence-corrected chi connectivity index (χ4v) is 1.13. The van der Waals surface area contributed by atoms with Gasteiger partial charge in [0.25, 0.3) is 0 Å². The van der Waals surface area contributed by atoms with Gasteiger partial charge in [-0.3, -0.25) is 0 Å². The van der Waals surface area contributed by atoms with Crippen LogP contribution in [0.3, 0.4) is 0 Å². The Kier molecular flexibility index (Phi) is 5.00. The first-order valence-electron chi connectivity index (χ1n) is 4.83. The Morgan fingerprint density at radius 2 is 2.06 bits per heavy atom. The molecule has 0 saturated heterocycles. The van der Waals surface area contributed by atoms with Gasteiger partial charge < -0.3 is 0 Å². The summed E-state index contributed by atoms with van der Waals surface area (Å²) in [6, 6.07) is 2.48. The monoisotopic (exact) mass is 314 g/mol. The Hall–Kier alpha value is -1.72. The predicted octanol–water partition coefficient (Wildman–Crippen LogP) is -0.797. The van der Waals surface area contributed by atoms with Crippen LogP contribution in [-0.2, 0) is 4.79 Å². The van der Waals surface area contributed by atoms with E-state index in [0.29, 0.717) is 0 Å². The fourth-order valence-electron chi connectivity index (χ4n) is 1.01. The van der Waals surface area contributed by atoms with Gasteiger partial charge in [-0.15, -0.1) is 0 Å². The molecular formula is C10H11AsN2O5. The van der Waals surface area contributed by atoms with E-state index in [0.717, 1.165) is 6.21 Å². The fraction of sp³-hybridized carbons (Fsp3) is 0.200. The quantitative estimate of drug-likeness (QED) is 0.216. The maximum atomic E-state index is 11.2. The van der Waals surface area contributed by atoms with Crippen LogP contribution in [0.4, 0.5) is 0 Å². The second kappa shape index (κ2) is 6.28. The topological polar surface area (TPSA) is 122 Å². The normalized spacial score (nSPS) is 12.6. The maximum absolute atomic E-state index is 11.2. The van der Waals surface area contributed by atoms with E-state index < -0.39 is 27.9 Å². The van der Waals surface area contributed by atoms with Crippen LogP contribution in [0.15, 0.2) is 17.2 Å². The van der Waals surface area contributed by atoms with Crippen molar-refractivity contribution in [2.45, 2.75) is 4.71 Å². The van der Waals surface area contributed by atoms with Crippen LogP contribution in [0.1, 0.15) is 5.56 Å². The zero-order chi connectivity index (χ0) is 13.7. The summed E-state index contributed by atoms with van der Waals surface area (Å²) in [7, 11) is 0. The van der Waals surface area contributed by atoms with Gasteiger partial charge in [-0.1, -0.05) is 0 Å². The molecule has 5 N–H and O–H groups in total. The average molecular weight is 314 g/mol. The van der Waals surface area contributed by atoms with Crippen molar-refractivity contribution in [2.24, 2.45) is 5.10 Å². The summed E-state index contributed by atoms with van der Waals surface area (Å²) >= 11 is 1.98. The van der Waals surface area contributed by atoms with Crippen molar-refractivity contribution in [3.8, 4) is 17.2 Å². The number of hydrazone groups is 1. The van der Waals surface area contributed by atoms with Gasteiger partial charge in [-0.2, -0.15) is 0 Å². The molecule has 8 heteroatoms. The van der Waals surface area contributed by atoms with Crippen molar-refractivity contribution in [3.63, 3.8) is 0 Å². The number of phenolic OH excluding ortho intramolecular Hbond substituents is 3. The molecular weight excluding hydrogens is 303 g/mol. The number of aliphatic hydroxyl groups is 1. The van der Waals surface area contributed by atoms with E-state index in [1.165, 1.54) is 12.1 Å². The Morgan fingerprint density at radius 1 is 1.39 bits per heavy atom. The molecule has 1 aromatic rings. The number of aliphatic hydroxyl groups excluding tert-OH is 1. The van der Waals surface area contributed by atoms with E-state index in [1.807, 2.05) is 16.9 Å². The number of benzene rings is 1. The van der Waals surface area contributed by atoms with Gasteiger partial charge in [-0.25, -0.2) is 0 Å². The number of nitrogens with zero attached hydrogens (tertiary/aromatic N) is 1. The van der Waals surface area contributed by atoms with Crippen molar-refractivity contribution in [3.05, 3.63) is 17.7 Å². The van der Waals surface area contributed by atoms with Gasteiger partial charge in [-0.05, 0) is 0 Å². The summed E-state index contributed by atoms with van der Waals surface area (Å²) in [5, 5.41) is 40.0. The molecule has 96 valence electrons. The average Bonchev–Trinajstić information content (AvgIpc) is 2.37. The summed E-state index contributed by atoms with van der Waals surface area (Å²) in [4.78, 5) is 11.2. The molecule has 2 radical (unpaired) electrons. The van der Waals surface area contributed by atoms with Gasteiger partial charge in [0.15, 0.2) is 0 Å². The predicted molar refractivity (Wildman–Crippen MR) is 63.8 cm³/mol. The van der Waals surface area contributed by atoms with Crippen molar-refractivity contribution in [2.75, 3.05) is 6.61 Å². The number of rotatable bonds is 4. The van der Waals surface area contributed by atoms with Gasteiger partial charge in [0.2, 0.25) is 0 Å². The van der Waals surface area contributed by atoms with Crippen LogP contribution in [0, 0.1) is 0 Å². The number of hydrogen-bond acceptors (Lipinski definition) is 6. The molecule has 0 bridgehead atoms. The summed E-state index contributed by atoms with van der Waals surface area (Å²) < 4.78 is -0.656. The molecule has 0 aliphatic rings. The standard InChI is InChI=1S/C10H11AsN2O5/c11-6(4-14)10(18)13-12-3-5-1-2-7(15)9(17)8(5)16/h1-3,6,14-17H,4H2,(H,13,18)/b12-3+. The molecule has 1 aromatic carbocycles. The third-order valence-corrected chi connectivity index (χ3v) is 2.85. The summed E-state index contributed by atoms with van der Waals surface area (Å²) in [5.41, 5.74) is 2.26. The second-order valence-corrected chi connectivity index (χ2v) is 4.61. The molecule has 0 aliphatic heterocycles. The van der Waals surface area contributed by atoms with Crippen LogP contribution >= 0.6 is 0 Å². The molecule has 1 rings (SSSR count). The van der Waals surface area contributed by atoms with Crippen LogP contribution in [0.2, 0.25) is 4.71 Å². The molecule has 0 aliphatic carbocycles. The Morgan fingerprint density at radius 3 is 2.67 bits per heavy atom. The molecule has 0 fully saturated rings. The van der Waals surface area contributed by atoms with E-state index in [4.69, 9.17) is 10.2 Å². The first kappa shape index (κ1) is 14.3. The number of nitrogens with one attached hydrogen (secondary N) is 1. The minimum atomic E-state index is -0.661. The van der Waals surface area contributed by atoms with Gasteiger partial charge in [0, 0.05) is 0 Å². The number of hydrogen-bond donors (Lipinski definition) is 5. The van der Waals surface area contributed by atoms with Crippen LogP contribution in [0.25, 0.3) is 0 Å². The van der Waals surface area contributed by atoms with Crippen molar-refractivity contribution >= 4 is 29.0 Å². The zero-order valence-corrected chi connectivity index (χ0v) is 11.0. The molecule has 1 amide bonds. The number of carbonyl (C=O) groups excluding carboxylic acids is 1. The second-order valence-electron chi connectivity index (χ2n) is 3.30. The summed E-state index contributed by atoms with van der Waals surface area (Å²) in [6.07, 6.45) is 1.10. The SMILES string of the molecule is O=C(N/N=C/c1ccc(O)c(O)c1O)C([As])CO. The first-order chi connectivity index (χ1) is 8.47. The number of amides is 1. The van der Waals surface area contributed by atoms with Crippen molar-refractivity contribution < 1.29 is 25.2 Å². The van der Waals surface area contributed by atoms with Gasteiger partial charge >= 0.3 is 111 Å². The molecule has 0 aromatic heterocycles. The first-order valence-corrected chi connectivity index (χ1v) is 5.91. The van der Waals surface area contributed by atoms with Crippen molar-refractivity contribution in [1.82, 2.24) is 5.43 Å². The molecule has 0 spiro atoms. The Labute approximate surface area is 111 Å². The number of aromatic hydroxyl groups is 3. The van der Waals surface area contributed by atoms with Gasteiger partial charge in [0.1, 0.15) is 0 Å². The zero-order valence-electron chi connectivity index (χ0n) is 9.11. The Bertz CT molecular complexity index is 478. The molecule has 7 nitrogen and oxygen atoms in total. The molecule has 0 heterocycles. The van der Waals surface area contributed by atoms with E-state index in [9.17, 15) is 15.0 Å². The third kappa shape index (κ3) is 3.38.